The maximum Gasteiger partial charge on any atom is 0.235 e. The summed E-state index contributed by atoms with van der Waals surface area (Å²) in [4.78, 5) is 10.6. The quantitative estimate of drug-likeness (QED) is 0.160. The van der Waals surface area contributed by atoms with Crippen LogP contribution in [0.1, 0.15) is 0 Å². The van der Waals surface area contributed by atoms with E-state index in [-0.39, 0.29) is 0 Å². The summed E-state index contributed by atoms with van der Waals surface area (Å²) in [7, 11) is 0. The Kier molecular flexibility index (Phi) is 8.81. The van der Waals surface area contributed by atoms with E-state index < -0.39 is 0 Å². The summed E-state index contributed by atoms with van der Waals surface area (Å²) in [5.74, 6) is 0.632. The van der Waals surface area contributed by atoms with Gasteiger partial charge in [-0.15, -0.1) is 0 Å². The van der Waals surface area contributed by atoms with Gasteiger partial charge in [0.1, 0.15) is 0 Å². The van der Waals surface area contributed by atoms with Gasteiger partial charge in [0.05, 0.1) is 39.1 Å². The lowest BCUT2D eigenvalue weighted by molar-refractivity contribution is 0.995. The van der Waals surface area contributed by atoms with Crippen molar-refractivity contribution >= 4 is 54.4 Å². The number of fused-ring (bicyclic) bond motifs is 7. The second-order valence-electron chi connectivity index (χ2n) is 17.0. The topological polar surface area (TPSA) is 35.6 Å². The van der Waals surface area contributed by atoms with Crippen molar-refractivity contribution in [2.45, 2.75) is 0 Å². The number of hydrogen-bond acceptors (Lipinski definition) is 2. The Balaban J connectivity index is 1.04. The summed E-state index contributed by atoms with van der Waals surface area (Å²) < 4.78 is 4.69. The van der Waals surface area contributed by atoms with E-state index in [0.717, 1.165) is 61.0 Å². The minimum absolute atomic E-state index is 0.632. The summed E-state index contributed by atoms with van der Waals surface area (Å²) in [5.41, 5.74) is 16.5. The summed E-state index contributed by atoms with van der Waals surface area (Å²) in [6, 6.07) is 87.1. The molecule has 0 fully saturated rings. The molecule has 4 nitrogen and oxygen atoms in total. The number of rotatable bonds is 7. The molecule has 10 aromatic carbocycles. The molecule has 3 heterocycles. The Morgan fingerprint density at radius 3 is 1.06 bits per heavy atom. The predicted octanol–water partition coefficient (Wildman–Crippen LogP) is 16.2. The molecule has 0 aliphatic rings. The maximum atomic E-state index is 5.32. The minimum atomic E-state index is 0.632. The molecule has 0 saturated carbocycles. The van der Waals surface area contributed by atoms with E-state index in [4.69, 9.17) is 9.97 Å². The summed E-state index contributed by atoms with van der Waals surface area (Å²) in [5, 5.41) is 7.15. The zero-order valence-corrected chi connectivity index (χ0v) is 35.9. The van der Waals surface area contributed by atoms with Gasteiger partial charge in [-0.25, -0.2) is 9.97 Å². The molecule has 0 bridgehead atoms. The van der Waals surface area contributed by atoms with Gasteiger partial charge in [0.25, 0.3) is 0 Å². The van der Waals surface area contributed by atoms with E-state index in [1.54, 1.807) is 0 Å². The van der Waals surface area contributed by atoms with Crippen LogP contribution in [0, 0.1) is 0 Å². The van der Waals surface area contributed by atoms with Crippen molar-refractivity contribution in [3.63, 3.8) is 0 Å². The summed E-state index contributed by atoms with van der Waals surface area (Å²) in [6.45, 7) is 0. The van der Waals surface area contributed by atoms with Crippen LogP contribution in [0.5, 0.6) is 0 Å². The molecular weight excluding hydrogens is 801 g/mol. The minimum Gasteiger partial charge on any atom is -0.309 e. The third-order valence-electron chi connectivity index (χ3n) is 13.1. The van der Waals surface area contributed by atoms with Gasteiger partial charge in [-0.3, -0.25) is 4.57 Å². The van der Waals surface area contributed by atoms with Crippen molar-refractivity contribution in [3.05, 3.63) is 243 Å². The van der Waals surface area contributed by atoms with Crippen LogP contribution in [0.3, 0.4) is 0 Å². The van der Waals surface area contributed by atoms with Crippen molar-refractivity contribution < 1.29 is 0 Å². The van der Waals surface area contributed by atoms with Crippen molar-refractivity contribution in [1.82, 2.24) is 19.1 Å². The van der Waals surface area contributed by atoms with Gasteiger partial charge >= 0.3 is 0 Å². The van der Waals surface area contributed by atoms with Gasteiger partial charge in [0, 0.05) is 38.1 Å². The molecule has 308 valence electrons. The molecule has 66 heavy (non-hydrogen) atoms. The second kappa shape index (κ2) is 15.4. The summed E-state index contributed by atoms with van der Waals surface area (Å²) >= 11 is 0. The van der Waals surface area contributed by atoms with E-state index in [1.807, 2.05) is 12.1 Å². The molecule has 0 spiro atoms. The van der Waals surface area contributed by atoms with Crippen LogP contribution in [0.15, 0.2) is 243 Å². The zero-order valence-electron chi connectivity index (χ0n) is 35.9. The molecule has 0 unspecified atom stereocenters. The zero-order chi connectivity index (χ0) is 43.6. The van der Waals surface area contributed by atoms with Crippen LogP contribution in [-0.2, 0) is 0 Å². The first-order chi connectivity index (χ1) is 32.7. The highest BCUT2D eigenvalue weighted by molar-refractivity contribution is 6.14. The molecule has 0 radical (unpaired) electrons. The van der Waals surface area contributed by atoms with Crippen LogP contribution in [0.25, 0.3) is 122 Å². The highest BCUT2D eigenvalue weighted by atomic mass is 15.2. The fraction of sp³-hybridized carbons (Fsp3) is 0. The van der Waals surface area contributed by atoms with Crippen molar-refractivity contribution in [2.75, 3.05) is 0 Å². The number of benzene rings is 10. The van der Waals surface area contributed by atoms with Crippen molar-refractivity contribution in [2.24, 2.45) is 0 Å². The van der Waals surface area contributed by atoms with E-state index in [1.165, 1.54) is 55.0 Å². The number of nitrogens with zero attached hydrogens (tertiary/aromatic N) is 4. The molecular formula is C62H40N4. The third kappa shape index (κ3) is 6.30. The Bertz CT molecular complexity index is 3900. The lowest BCUT2D eigenvalue weighted by Gasteiger charge is -2.12. The third-order valence-corrected chi connectivity index (χ3v) is 13.1. The molecule has 13 aromatic rings. The molecule has 13 rings (SSSR count). The van der Waals surface area contributed by atoms with Crippen molar-refractivity contribution in [3.8, 4) is 67.5 Å². The van der Waals surface area contributed by atoms with E-state index in [2.05, 4.69) is 240 Å². The molecule has 4 heteroatoms. The predicted molar refractivity (Wildman–Crippen MR) is 275 cm³/mol. The van der Waals surface area contributed by atoms with Crippen LogP contribution in [0.2, 0.25) is 0 Å². The van der Waals surface area contributed by atoms with Gasteiger partial charge in [0.15, 0.2) is 0 Å². The standard InChI is InChI=1S/C62H40N4/c1-5-16-41(17-6-1)46-28-32-58-51(36-46)52-38-48(30-33-59(52)65(58)57-27-15-25-43-20-13-14-26-50(43)57)49-31-35-61-54(39-49)53-37-47(42-18-7-2-8-19-42)29-34-60(53)66(61)62-63-55(44-21-9-3-10-22-44)40-56(64-62)45-23-11-4-12-24-45/h1-40H. The van der Waals surface area contributed by atoms with Gasteiger partial charge in [0.2, 0.25) is 5.95 Å². The highest BCUT2D eigenvalue weighted by Gasteiger charge is 2.20. The van der Waals surface area contributed by atoms with Crippen LogP contribution in [-0.4, -0.2) is 19.1 Å². The maximum absolute atomic E-state index is 5.32. The first kappa shape index (κ1) is 37.7. The molecule has 0 saturated heterocycles. The van der Waals surface area contributed by atoms with Gasteiger partial charge in [-0.1, -0.05) is 182 Å². The molecule has 0 amide bonds. The van der Waals surface area contributed by atoms with Gasteiger partial charge in [-0.05, 0) is 99.4 Å². The van der Waals surface area contributed by atoms with Crippen LogP contribution < -0.4 is 0 Å². The molecule has 3 aromatic heterocycles. The largest absolute Gasteiger partial charge is 0.309 e. The average molecular weight is 841 g/mol. The molecule has 0 atom stereocenters. The van der Waals surface area contributed by atoms with Crippen LogP contribution in [0.4, 0.5) is 0 Å². The normalized spacial score (nSPS) is 11.6. The first-order valence-corrected chi connectivity index (χ1v) is 22.5. The van der Waals surface area contributed by atoms with Gasteiger partial charge in [-0.2, -0.15) is 0 Å². The monoisotopic (exact) mass is 840 g/mol. The highest BCUT2D eigenvalue weighted by Crippen LogP contribution is 2.41. The molecule has 0 N–H and O–H groups in total. The number of aromatic nitrogens is 4. The SMILES string of the molecule is c1ccc(-c2ccc3c(c2)c2cc(-c4ccc5c(c4)c4cc(-c6ccccc6)ccc4n5-c4cccc5ccccc45)ccc2n3-c2nc(-c3ccccc3)cc(-c3ccccc3)n2)cc1. The lowest BCUT2D eigenvalue weighted by atomic mass is 9.98. The fourth-order valence-electron chi connectivity index (χ4n) is 9.95. The van der Waals surface area contributed by atoms with Crippen molar-refractivity contribution in [1.29, 1.82) is 0 Å². The number of hydrogen-bond donors (Lipinski definition) is 0. The average Bonchev–Trinajstić information content (AvgIpc) is 3.90. The first-order valence-electron chi connectivity index (χ1n) is 22.5. The smallest absolute Gasteiger partial charge is 0.235 e. The second-order valence-corrected chi connectivity index (χ2v) is 17.0. The molecule has 0 aliphatic heterocycles. The summed E-state index contributed by atoms with van der Waals surface area (Å²) in [6.07, 6.45) is 0. The van der Waals surface area contributed by atoms with Gasteiger partial charge < -0.3 is 4.57 Å². The Labute approximate surface area is 382 Å². The Morgan fingerprint density at radius 2 is 0.606 bits per heavy atom. The lowest BCUT2D eigenvalue weighted by Crippen LogP contribution is -2.04. The van der Waals surface area contributed by atoms with Crippen LogP contribution >= 0.6 is 0 Å². The van der Waals surface area contributed by atoms with E-state index >= 15 is 0 Å². The van der Waals surface area contributed by atoms with E-state index in [9.17, 15) is 0 Å². The Morgan fingerprint density at radius 1 is 0.242 bits per heavy atom. The Hall–Kier alpha value is -8.86. The molecule has 0 aliphatic carbocycles. The van der Waals surface area contributed by atoms with E-state index in [0.29, 0.717) is 5.95 Å². The fourth-order valence-corrected chi connectivity index (χ4v) is 9.95.